The fraction of sp³-hybridized carbons (Fsp3) is 0.545. The lowest BCUT2D eigenvalue weighted by molar-refractivity contribution is -0.670. The zero-order valence-corrected chi connectivity index (χ0v) is 28.2. The standard InChI is InChI=1S/C33H44N8O9/c1-22-25(37-33(48)36-22)9-4-2-5-10-26(42)34-19-7-3-6-11-27(43)35-20-8-12-28(44)38-29-21-40(39-49-29)24-15-13-23(14-16-24)32(47)50-41-30(45)17-18-31(41)46/h13-16,21-22,25H,2-12,17-20H2,1H3,(H4-,34,35,36,37,38,39,42,43,44,48)/p+1. The number of imide groups is 1. The molecule has 270 valence electrons. The second-order valence-corrected chi connectivity index (χ2v) is 12.3. The van der Waals surface area contributed by atoms with Crippen LogP contribution in [0.4, 0.5) is 10.7 Å². The molecule has 0 radical (unpaired) electrons. The van der Waals surface area contributed by atoms with E-state index in [4.69, 9.17) is 9.36 Å². The largest absolute Gasteiger partial charge is 0.363 e. The van der Waals surface area contributed by atoms with Gasteiger partial charge < -0.3 is 26.1 Å². The number of carbonyl (C=O) groups is 7. The summed E-state index contributed by atoms with van der Waals surface area (Å²) in [5, 5.41) is 18.4. The molecule has 17 heteroatoms. The summed E-state index contributed by atoms with van der Waals surface area (Å²) in [5.41, 5.74) is 0.627. The molecule has 50 heavy (non-hydrogen) atoms. The highest BCUT2D eigenvalue weighted by molar-refractivity contribution is 6.02. The summed E-state index contributed by atoms with van der Waals surface area (Å²) in [6.45, 7) is 2.91. The first-order valence-electron chi connectivity index (χ1n) is 17.1. The number of nitrogens with one attached hydrogen (secondary N) is 5. The van der Waals surface area contributed by atoms with E-state index in [1.165, 1.54) is 23.0 Å². The number of anilines is 1. The highest BCUT2D eigenvalue weighted by Crippen LogP contribution is 2.15. The molecule has 1 aromatic heterocycles. The number of unbranched alkanes of at least 4 members (excludes halogenated alkanes) is 4. The maximum atomic E-state index is 12.3. The van der Waals surface area contributed by atoms with Crippen molar-refractivity contribution in [3.8, 4) is 5.69 Å². The van der Waals surface area contributed by atoms with Crippen LogP contribution >= 0.6 is 0 Å². The second-order valence-electron chi connectivity index (χ2n) is 12.3. The predicted molar refractivity (Wildman–Crippen MR) is 175 cm³/mol. The third-order valence-electron chi connectivity index (χ3n) is 8.28. The molecule has 0 spiro atoms. The van der Waals surface area contributed by atoms with Crippen molar-refractivity contribution in [2.45, 2.75) is 102 Å². The van der Waals surface area contributed by atoms with E-state index in [2.05, 4.69) is 31.9 Å². The fourth-order valence-electron chi connectivity index (χ4n) is 5.43. The quantitative estimate of drug-likeness (QED) is 0.0765. The number of rotatable bonds is 20. The van der Waals surface area contributed by atoms with Gasteiger partial charge in [0, 0.05) is 63.4 Å². The first-order chi connectivity index (χ1) is 24.1. The van der Waals surface area contributed by atoms with Gasteiger partial charge in [-0.3, -0.25) is 33.8 Å². The number of urea groups is 1. The number of benzene rings is 1. The van der Waals surface area contributed by atoms with Gasteiger partial charge in [-0.05, 0) is 55.8 Å². The molecular weight excluding hydrogens is 652 g/mol. The molecule has 0 aliphatic carbocycles. The van der Waals surface area contributed by atoms with Crippen LogP contribution in [0.1, 0.15) is 101 Å². The van der Waals surface area contributed by atoms with E-state index in [1.807, 2.05) is 6.92 Å². The Balaban J connectivity index is 0.989. The Morgan fingerprint density at radius 2 is 1.46 bits per heavy atom. The lowest BCUT2D eigenvalue weighted by atomic mass is 10.0. The van der Waals surface area contributed by atoms with Crippen LogP contribution in [0.2, 0.25) is 0 Å². The van der Waals surface area contributed by atoms with Gasteiger partial charge in [0.2, 0.25) is 28.7 Å². The SMILES string of the molecule is CC1NC(=O)NC1CCCCCC(=O)NCCCCCC(=O)NCCCC(=O)Nc1c[n+](-c2ccc(C(=O)ON3C(=O)CCC3=O)cc2)no1. The van der Waals surface area contributed by atoms with Crippen molar-refractivity contribution in [2.75, 3.05) is 18.4 Å². The minimum Gasteiger partial charge on any atom is -0.356 e. The summed E-state index contributed by atoms with van der Waals surface area (Å²) in [4.78, 5) is 88.3. The Hall–Kier alpha value is -5.35. The van der Waals surface area contributed by atoms with Crippen molar-refractivity contribution in [3.05, 3.63) is 36.0 Å². The van der Waals surface area contributed by atoms with E-state index in [-0.39, 0.29) is 66.5 Å². The Kier molecular flexibility index (Phi) is 14.2. The van der Waals surface area contributed by atoms with Gasteiger partial charge in [-0.1, -0.05) is 19.3 Å². The summed E-state index contributed by atoms with van der Waals surface area (Å²) >= 11 is 0. The minimum atomic E-state index is -0.854. The fourth-order valence-corrected chi connectivity index (χ4v) is 5.43. The molecule has 3 heterocycles. The number of aromatic nitrogens is 2. The molecule has 1 aromatic carbocycles. The maximum absolute atomic E-state index is 12.3. The maximum Gasteiger partial charge on any atom is 0.363 e. The van der Waals surface area contributed by atoms with Crippen molar-refractivity contribution < 1.29 is 47.6 Å². The molecule has 2 atom stereocenters. The number of nitrogens with zero attached hydrogens (tertiary/aromatic N) is 3. The van der Waals surface area contributed by atoms with Gasteiger partial charge in [-0.2, -0.15) is 0 Å². The third-order valence-corrected chi connectivity index (χ3v) is 8.28. The summed E-state index contributed by atoms with van der Waals surface area (Å²) < 4.78 is 6.50. The van der Waals surface area contributed by atoms with Crippen LogP contribution in [0.15, 0.2) is 35.0 Å². The molecule has 5 N–H and O–H groups in total. The monoisotopic (exact) mass is 697 g/mol. The zero-order chi connectivity index (χ0) is 35.9. The van der Waals surface area contributed by atoms with Crippen LogP contribution in [0.3, 0.4) is 0 Å². The summed E-state index contributed by atoms with van der Waals surface area (Å²) in [7, 11) is 0. The lowest BCUT2D eigenvalue weighted by Gasteiger charge is -2.13. The van der Waals surface area contributed by atoms with E-state index in [0.29, 0.717) is 49.5 Å². The van der Waals surface area contributed by atoms with Crippen LogP contribution in [0.5, 0.6) is 0 Å². The van der Waals surface area contributed by atoms with Gasteiger partial charge in [-0.25, -0.2) is 9.59 Å². The molecule has 2 aromatic rings. The number of hydrogen-bond acceptors (Lipinski definition) is 10. The summed E-state index contributed by atoms with van der Waals surface area (Å²) in [5.74, 6) is -2.27. The van der Waals surface area contributed by atoms with Gasteiger partial charge in [0.25, 0.3) is 18.0 Å². The molecule has 0 bridgehead atoms. The second kappa shape index (κ2) is 19.0. The van der Waals surface area contributed by atoms with Gasteiger partial charge >= 0.3 is 17.9 Å². The van der Waals surface area contributed by atoms with Crippen molar-refractivity contribution in [2.24, 2.45) is 0 Å². The van der Waals surface area contributed by atoms with Crippen LogP contribution in [0, 0.1) is 0 Å². The van der Waals surface area contributed by atoms with Crippen LogP contribution in [-0.2, 0) is 28.8 Å². The molecule has 2 saturated heterocycles. The molecule has 17 nitrogen and oxygen atoms in total. The topological polar surface area (TPSA) is 222 Å². The average Bonchev–Trinajstić information content (AvgIpc) is 3.78. The first-order valence-corrected chi connectivity index (χ1v) is 17.1. The van der Waals surface area contributed by atoms with E-state index >= 15 is 0 Å². The van der Waals surface area contributed by atoms with Gasteiger partial charge in [-0.15, -0.1) is 5.06 Å². The van der Waals surface area contributed by atoms with Gasteiger partial charge in [0.05, 0.1) is 11.6 Å². The highest BCUT2D eigenvalue weighted by Gasteiger charge is 2.33. The van der Waals surface area contributed by atoms with Crippen molar-refractivity contribution in [1.29, 1.82) is 0 Å². The normalized spacial score (nSPS) is 16.9. The molecule has 2 unspecified atom stereocenters. The third kappa shape index (κ3) is 12.0. The van der Waals surface area contributed by atoms with Gasteiger partial charge in [0.1, 0.15) is 0 Å². The number of hydroxylamine groups is 2. The smallest absolute Gasteiger partial charge is 0.356 e. The van der Waals surface area contributed by atoms with E-state index < -0.39 is 17.8 Å². The summed E-state index contributed by atoms with van der Waals surface area (Å²) in [6.07, 6.45) is 8.78. The summed E-state index contributed by atoms with van der Waals surface area (Å²) in [6, 6.07) is 6.13. The van der Waals surface area contributed by atoms with Crippen LogP contribution < -0.4 is 31.3 Å². The molecule has 2 aliphatic rings. The van der Waals surface area contributed by atoms with Crippen molar-refractivity contribution in [1.82, 2.24) is 31.6 Å². The Bertz CT molecular complexity index is 1510. The molecule has 0 saturated carbocycles. The Labute approximate surface area is 289 Å². The predicted octanol–water partition coefficient (Wildman–Crippen LogP) is 1.70. The lowest BCUT2D eigenvalue weighted by Crippen LogP contribution is -2.32. The van der Waals surface area contributed by atoms with Crippen LogP contribution in [0.25, 0.3) is 5.69 Å². The Morgan fingerprint density at radius 1 is 0.840 bits per heavy atom. The van der Waals surface area contributed by atoms with Crippen molar-refractivity contribution >= 4 is 47.4 Å². The van der Waals surface area contributed by atoms with E-state index in [0.717, 1.165) is 38.5 Å². The first kappa shape index (κ1) is 37.5. The minimum absolute atomic E-state index is 0.00122. The number of amides is 7. The Morgan fingerprint density at radius 3 is 2.10 bits per heavy atom. The zero-order valence-electron chi connectivity index (χ0n) is 28.2. The molecular formula is C33H45N8O9+. The van der Waals surface area contributed by atoms with E-state index in [1.54, 1.807) is 12.1 Å². The number of hydrogen-bond donors (Lipinski definition) is 5. The molecule has 2 fully saturated rings. The van der Waals surface area contributed by atoms with Crippen molar-refractivity contribution in [3.63, 3.8) is 0 Å². The van der Waals surface area contributed by atoms with E-state index in [9.17, 15) is 33.6 Å². The molecule has 4 rings (SSSR count). The van der Waals surface area contributed by atoms with Gasteiger partial charge in [0.15, 0.2) is 0 Å². The molecule has 2 aliphatic heterocycles. The average molecular weight is 698 g/mol. The highest BCUT2D eigenvalue weighted by atomic mass is 16.7. The number of carbonyl (C=O) groups excluding carboxylic acids is 7. The van der Waals surface area contributed by atoms with Crippen LogP contribution in [-0.4, -0.2) is 77.0 Å². The molecule has 7 amide bonds.